The summed E-state index contributed by atoms with van der Waals surface area (Å²) in [6.45, 7) is 1.63. The Balaban J connectivity index is 1.47. The molecule has 19 heavy (non-hydrogen) atoms. The number of amides is 1. The van der Waals surface area contributed by atoms with Gasteiger partial charge in [-0.1, -0.05) is 6.07 Å². The van der Waals surface area contributed by atoms with E-state index in [4.69, 9.17) is 0 Å². The Morgan fingerprint density at radius 3 is 2.84 bits per heavy atom. The predicted octanol–water partition coefficient (Wildman–Crippen LogP) is 1.69. The van der Waals surface area contributed by atoms with E-state index in [1.54, 1.807) is 0 Å². The summed E-state index contributed by atoms with van der Waals surface area (Å²) < 4.78 is 1.10. The van der Waals surface area contributed by atoms with Gasteiger partial charge in [0.05, 0.1) is 12.1 Å². The third-order valence-electron chi connectivity index (χ3n) is 3.81. The highest BCUT2D eigenvalue weighted by atomic mass is 127. The van der Waals surface area contributed by atoms with E-state index in [-0.39, 0.29) is 5.91 Å². The van der Waals surface area contributed by atoms with Gasteiger partial charge < -0.3 is 10.4 Å². The summed E-state index contributed by atoms with van der Waals surface area (Å²) in [6, 6.07) is 7.74. The van der Waals surface area contributed by atoms with Crippen molar-refractivity contribution < 1.29 is 9.90 Å². The Kier molecular flexibility index (Phi) is 3.53. The molecule has 0 atom stereocenters. The molecular formula is C14H17IN2O2. The van der Waals surface area contributed by atoms with Gasteiger partial charge in [-0.25, -0.2) is 0 Å². The van der Waals surface area contributed by atoms with Crippen LogP contribution in [-0.4, -0.2) is 41.1 Å². The second-order valence-corrected chi connectivity index (χ2v) is 6.83. The molecule has 1 aliphatic heterocycles. The Bertz CT molecular complexity index is 496. The molecule has 1 saturated heterocycles. The largest absolute Gasteiger partial charge is 0.387 e. The standard InChI is InChI=1S/C14H17IN2O2/c15-11-2-1-3-12(6-11)16-13(18)7-17-8-14(19,9-17)10-4-5-10/h1-3,6,10,19H,4-5,7-9H2,(H,16,18). The van der Waals surface area contributed by atoms with Gasteiger partial charge in [0.15, 0.2) is 0 Å². The van der Waals surface area contributed by atoms with Crippen molar-refractivity contribution in [2.45, 2.75) is 18.4 Å². The third kappa shape index (κ3) is 3.09. The minimum absolute atomic E-state index is 0.0140. The lowest BCUT2D eigenvalue weighted by atomic mass is 9.89. The van der Waals surface area contributed by atoms with Crippen LogP contribution in [0.25, 0.3) is 0 Å². The molecule has 0 unspecified atom stereocenters. The van der Waals surface area contributed by atoms with Gasteiger partial charge in [0, 0.05) is 22.3 Å². The minimum atomic E-state index is -0.512. The second kappa shape index (κ2) is 5.03. The average molecular weight is 372 g/mol. The molecule has 2 aliphatic rings. The molecule has 2 fully saturated rings. The summed E-state index contributed by atoms with van der Waals surface area (Å²) >= 11 is 2.22. The summed E-state index contributed by atoms with van der Waals surface area (Å²) in [6.07, 6.45) is 2.28. The molecule has 3 rings (SSSR count). The van der Waals surface area contributed by atoms with Crippen molar-refractivity contribution in [3.63, 3.8) is 0 Å². The number of carbonyl (C=O) groups excluding carboxylic acids is 1. The first-order chi connectivity index (χ1) is 9.05. The number of anilines is 1. The molecule has 1 amide bonds. The Morgan fingerprint density at radius 2 is 2.21 bits per heavy atom. The number of nitrogens with zero attached hydrogens (tertiary/aromatic N) is 1. The van der Waals surface area contributed by atoms with Gasteiger partial charge in [-0.3, -0.25) is 9.69 Å². The van der Waals surface area contributed by atoms with E-state index >= 15 is 0 Å². The Hall–Kier alpha value is -0.660. The van der Waals surface area contributed by atoms with E-state index < -0.39 is 5.60 Å². The summed E-state index contributed by atoms with van der Waals surface area (Å²) in [5, 5.41) is 13.1. The number of hydrogen-bond acceptors (Lipinski definition) is 3. The van der Waals surface area contributed by atoms with Gasteiger partial charge >= 0.3 is 0 Å². The van der Waals surface area contributed by atoms with Crippen LogP contribution in [-0.2, 0) is 4.79 Å². The smallest absolute Gasteiger partial charge is 0.238 e. The third-order valence-corrected chi connectivity index (χ3v) is 4.48. The van der Waals surface area contributed by atoms with Crippen LogP contribution in [0.1, 0.15) is 12.8 Å². The van der Waals surface area contributed by atoms with Crippen LogP contribution in [0.5, 0.6) is 0 Å². The zero-order valence-electron chi connectivity index (χ0n) is 10.6. The van der Waals surface area contributed by atoms with Crippen molar-refractivity contribution in [2.75, 3.05) is 25.0 Å². The summed E-state index contributed by atoms with van der Waals surface area (Å²) in [5.41, 5.74) is 0.317. The van der Waals surface area contributed by atoms with E-state index in [9.17, 15) is 9.90 Å². The molecule has 1 aromatic carbocycles. The molecule has 2 N–H and O–H groups in total. The fourth-order valence-electron chi connectivity index (χ4n) is 2.69. The highest BCUT2D eigenvalue weighted by Crippen LogP contribution is 2.44. The number of nitrogens with one attached hydrogen (secondary N) is 1. The van der Waals surface area contributed by atoms with Crippen molar-refractivity contribution in [1.29, 1.82) is 0 Å². The maximum atomic E-state index is 11.9. The lowest BCUT2D eigenvalue weighted by molar-refractivity contribution is -0.132. The molecule has 4 nitrogen and oxygen atoms in total. The number of aliphatic hydroxyl groups is 1. The highest BCUT2D eigenvalue weighted by molar-refractivity contribution is 14.1. The molecule has 0 spiro atoms. The van der Waals surface area contributed by atoms with Gasteiger partial charge in [0.2, 0.25) is 5.91 Å². The number of hydrogen-bond donors (Lipinski definition) is 2. The molecule has 5 heteroatoms. The summed E-state index contributed by atoms with van der Waals surface area (Å²) in [7, 11) is 0. The van der Waals surface area contributed by atoms with Crippen LogP contribution >= 0.6 is 22.6 Å². The van der Waals surface area contributed by atoms with Crippen LogP contribution < -0.4 is 5.32 Å². The van der Waals surface area contributed by atoms with Gasteiger partial charge in [-0.2, -0.15) is 0 Å². The van der Waals surface area contributed by atoms with E-state index in [0.29, 0.717) is 25.6 Å². The molecule has 1 heterocycles. The monoisotopic (exact) mass is 372 g/mol. The lowest BCUT2D eigenvalue weighted by Gasteiger charge is -2.46. The number of halogens is 1. The van der Waals surface area contributed by atoms with Crippen LogP contribution in [0, 0.1) is 9.49 Å². The lowest BCUT2D eigenvalue weighted by Crippen LogP contribution is -2.64. The first-order valence-electron chi connectivity index (χ1n) is 6.55. The van der Waals surface area contributed by atoms with E-state index in [1.165, 1.54) is 0 Å². The van der Waals surface area contributed by atoms with Crippen LogP contribution in [0.2, 0.25) is 0 Å². The molecule has 1 aliphatic carbocycles. The van der Waals surface area contributed by atoms with Gasteiger partial charge in [-0.15, -0.1) is 0 Å². The molecule has 0 aromatic heterocycles. The molecular weight excluding hydrogens is 355 g/mol. The van der Waals surface area contributed by atoms with Crippen LogP contribution in [0.3, 0.4) is 0 Å². The second-order valence-electron chi connectivity index (χ2n) is 5.58. The zero-order valence-corrected chi connectivity index (χ0v) is 12.8. The van der Waals surface area contributed by atoms with Crippen LogP contribution in [0.15, 0.2) is 24.3 Å². The van der Waals surface area contributed by atoms with E-state index in [1.807, 2.05) is 29.2 Å². The first-order valence-corrected chi connectivity index (χ1v) is 7.63. The molecule has 1 saturated carbocycles. The van der Waals surface area contributed by atoms with E-state index in [2.05, 4.69) is 27.9 Å². The van der Waals surface area contributed by atoms with Crippen molar-refractivity contribution in [1.82, 2.24) is 4.90 Å². The van der Waals surface area contributed by atoms with Crippen molar-refractivity contribution in [3.8, 4) is 0 Å². The fourth-order valence-corrected chi connectivity index (χ4v) is 3.23. The van der Waals surface area contributed by atoms with Crippen molar-refractivity contribution >= 4 is 34.2 Å². The molecule has 0 radical (unpaired) electrons. The normalized spacial score (nSPS) is 21.8. The SMILES string of the molecule is O=C(CN1CC(O)(C2CC2)C1)Nc1cccc(I)c1. The molecule has 1 aromatic rings. The number of β-amino-alcohol motifs (C(OH)–C–C–N with tert-alkyl or cyclic N) is 1. The maximum absolute atomic E-state index is 11.9. The van der Waals surface area contributed by atoms with Gasteiger partial charge in [0.25, 0.3) is 0 Å². The van der Waals surface area contributed by atoms with Gasteiger partial charge in [0.1, 0.15) is 0 Å². The fraction of sp³-hybridized carbons (Fsp3) is 0.500. The minimum Gasteiger partial charge on any atom is -0.387 e. The number of carbonyl (C=O) groups is 1. The van der Waals surface area contributed by atoms with Gasteiger partial charge in [-0.05, 0) is 59.5 Å². The van der Waals surface area contributed by atoms with Crippen molar-refractivity contribution in [2.24, 2.45) is 5.92 Å². The summed E-state index contributed by atoms with van der Waals surface area (Å²) in [5.74, 6) is 0.461. The Labute approximate surface area is 126 Å². The maximum Gasteiger partial charge on any atom is 0.238 e. The zero-order chi connectivity index (χ0) is 13.5. The van der Waals surface area contributed by atoms with Crippen molar-refractivity contribution in [3.05, 3.63) is 27.8 Å². The average Bonchev–Trinajstić information content (AvgIpc) is 3.10. The predicted molar refractivity (Wildman–Crippen MR) is 81.9 cm³/mol. The number of benzene rings is 1. The Morgan fingerprint density at radius 1 is 1.47 bits per heavy atom. The quantitative estimate of drug-likeness (QED) is 0.791. The molecule has 102 valence electrons. The number of rotatable bonds is 4. The number of likely N-dealkylation sites (tertiary alicyclic amines) is 1. The summed E-state index contributed by atoms with van der Waals surface area (Å²) in [4.78, 5) is 13.9. The van der Waals surface area contributed by atoms with E-state index in [0.717, 1.165) is 22.1 Å². The highest BCUT2D eigenvalue weighted by Gasteiger charge is 2.51. The van der Waals surface area contributed by atoms with Crippen LogP contribution in [0.4, 0.5) is 5.69 Å². The molecule has 0 bridgehead atoms. The first kappa shape index (κ1) is 13.3. The topological polar surface area (TPSA) is 52.6 Å².